The van der Waals surface area contributed by atoms with Crippen LogP contribution in [0.2, 0.25) is 0 Å². The summed E-state index contributed by atoms with van der Waals surface area (Å²) in [7, 11) is -1.39. The van der Waals surface area contributed by atoms with E-state index in [2.05, 4.69) is 10.5 Å². The number of hydrogen-bond acceptors (Lipinski definition) is 10. The fraction of sp³-hybridized carbons (Fsp3) is 0.323. The minimum Gasteiger partial charge on any atom is -0.494 e. The quantitative estimate of drug-likeness (QED) is 0.208. The molecule has 0 radical (unpaired) electrons. The van der Waals surface area contributed by atoms with Crippen LogP contribution in [0.15, 0.2) is 76.7 Å². The van der Waals surface area contributed by atoms with E-state index in [1.54, 1.807) is 53.4 Å². The summed E-state index contributed by atoms with van der Waals surface area (Å²) in [5.74, 6) is 0.851. The van der Waals surface area contributed by atoms with Crippen molar-refractivity contribution in [3.8, 4) is 23.0 Å². The number of nitrogens with one attached hydrogen (secondary N) is 1. The number of methoxy groups -OCH3 is 2. The van der Waals surface area contributed by atoms with E-state index in [1.807, 2.05) is 6.92 Å². The predicted octanol–water partition coefficient (Wildman–Crippen LogP) is 2.69. The molecule has 1 aliphatic heterocycles. The number of rotatable bonds is 14. The minimum absolute atomic E-state index is 0.0828. The molecule has 1 N–H and O–H groups in total. The Bertz CT molecular complexity index is 1570. The Labute approximate surface area is 262 Å². The summed E-state index contributed by atoms with van der Waals surface area (Å²) in [5.41, 5.74) is 3.27. The van der Waals surface area contributed by atoms with Gasteiger partial charge in [0.25, 0.3) is 21.8 Å². The first-order valence-corrected chi connectivity index (χ1v) is 15.6. The average Bonchev–Trinajstić information content (AvgIpc) is 3.07. The van der Waals surface area contributed by atoms with Crippen molar-refractivity contribution in [3.05, 3.63) is 72.3 Å². The molecule has 1 saturated heterocycles. The fourth-order valence-corrected chi connectivity index (χ4v) is 5.78. The molecule has 13 nitrogen and oxygen atoms in total. The number of hydrazone groups is 1. The van der Waals surface area contributed by atoms with E-state index in [9.17, 15) is 18.0 Å². The van der Waals surface area contributed by atoms with Gasteiger partial charge in [-0.2, -0.15) is 5.10 Å². The summed E-state index contributed by atoms with van der Waals surface area (Å²) in [6.07, 6.45) is 1.41. The summed E-state index contributed by atoms with van der Waals surface area (Å²) in [6, 6.07) is 17.3. The molecule has 3 aromatic rings. The van der Waals surface area contributed by atoms with Crippen molar-refractivity contribution in [2.24, 2.45) is 5.10 Å². The summed E-state index contributed by atoms with van der Waals surface area (Å²) < 4.78 is 55.4. The second kappa shape index (κ2) is 15.8. The van der Waals surface area contributed by atoms with Gasteiger partial charge >= 0.3 is 0 Å². The number of amides is 2. The lowest BCUT2D eigenvalue weighted by molar-refractivity contribution is -0.137. The maximum absolute atomic E-state index is 13.8. The Hall–Kier alpha value is -4.82. The fourth-order valence-electron chi connectivity index (χ4n) is 4.34. The summed E-state index contributed by atoms with van der Waals surface area (Å²) in [4.78, 5) is 26.8. The number of carbonyl (C=O) groups is 2. The molecule has 0 aliphatic carbocycles. The molecule has 0 spiro atoms. The molecule has 0 saturated carbocycles. The Kier molecular flexibility index (Phi) is 11.6. The summed E-state index contributed by atoms with van der Waals surface area (Å²) >= 11 is 0. The molecule has 1 heterocycles. The Morgan fingerprint density at radius 1 is 0.933 bits per heavy atom. The van der Waals surface area contributed by atoms with E-state index >= 15 is 0 Å². The zero-order valence-corrected chi connectivity index (χ0v) is 26.1. The van der Waals surface area contributed by atoms with Crippen LogP contribution < -0.4 is 28.7 Å². The highest BCUT2D eigenvalue weighted by Crippen LogP contribution is 2.32. The van der Waals surface area contributed by atoms with Crippen molar-refractivity contribution >= 4 is 33.7 Å². The van der Waals surface area contributed by atoms with E-state index in [-0.39, 0.29) is 28.8 Å². The second-order valence-electron chi connectivity index (χ2n) is 9.60. The zero-order chi connectivity index (χ0) is 32.2. The molecule has 0 bridgehead atoms. The van der Waals surface area contributed by atoms with Crippen molar-refractivity contribution in [2.45, 2.75) is 11.8 Å². The minimum atomic E-state index is -4.24. The Balaban J connectivity index is 1.43. The third kappa shape index (κ3) is 8.86. The first-order chi connectivity index (χ1) is 21.7. The smallest absolute Gasteiger partial charge is 0.264 e. The molecule has 1 fully saturated rings. The predicted molar refractivity (Wildman–Crippen MR) is 167 cm³/mol. The molecule has 0 aromatic heterocycles. The van der Waals surface area contributed by atoms with Crippen molar-refractivity contribution in [3.63, 3.8) is 0 Å². The number of hydrogen-bond donors (Lipinski definition) is 1. The van der Waals surface area contributed by atoms with Crippen LogP contribution in [0.4, 0.5) is 5.69 Å². The number of sulfonamides is 1. The maximum atomic E-state index is 13.8. The van der Waals surface area contributed by atoms with Crippen molar-refractivity contribution in [1.29, 1.82) is 0 Å². The van der Waals surface area contributed by atoms with Gasteiger partial charge in [-0.05, 0) is 73.2 Å². The highest BCUT2D eigenvalue weighted by Gasteiger charge is 2.28. The maximum Gasteiger partial charge on any atom is 0.264 e. The van der Waals surface area contributed by atoms with Gasteiger partial charge in [0.2, 0.25) is 0 Å². The van der Waals surface area contributed by atoms with Crippen molar-refractivity contribution in [1.82, 2.24) is 10.3 Å². The lowest BCUT2D eigenvalue weighted by Crippen LogP contribution is -2.42. The SMILES string of the molecule is CCOc1ccc(N(CC(=O)N/N=C\c2ccc(OCC(=O)N3CCOCC3)cc2)S(=O)(=O)c2ccc(OC)c(OC)c2)cc1. The van der Waals surface area contributed by atoms with E-state index in [0.717, 1.165) is 4.31 Å². The van der Waals surface area contributed by atoms with Gasteiger partial charge in [0.05, 0.1) is 50.8 Å². The monoisotopic (exact) mass is 640 g/mol. The zero-order valence-electron chi connectivity index (χ0n) is 25.3. The highest BCUT2D eigenvalue weighted by molar-refractivity contribution is 7.92. The summed E-state index contributed by atoms with van der Waals surface area (Å²) in [6.45, 7) is 3.76. The Morgan fingerprint density at radius 3 is 2.22 bits per heavy atom. The first-order valence-electron chi connectivity index (χ1n) is 14.1. The van der Waals surface area contributed by atoms with Gasteiger partial charge < -0.3 is 28.6 Å². The van der Waals surface area contributed by atoms with Gasteiger partial charge in [0.1, 0.15) is 18.0 Å². The van der Waals surface area contributed by atoms with Gasteiger partial charge in [-0.3, -0.25) is 13.9 Å². The topological polar surface area (TPSA) is 145 Å². The van der Waals surface area contributed by atoms with Crippen LogP contribution in [-0.4, -0.2) is 91.6 Å². The van der Waals surface area contributed by atoms with Crippen LogP contribution in [-0.2, 0) is 24.3 Å². The number of carbonyl (C=O) groups excluding carboxylic acids is 2. The van der Waals surface area contributed by atoms with E-state index in [0.29, 0.717) is 55.7 Å². The standard InChI is InChI=1S/C31H36N4O9S/c1-4-43-25-11-7-24(8-12-25)35(45(38,39)27-13-14-28(40-2)29(19-27)41-3)21-30(36)33-32-20-23-5-9-26(10-6-23)44-22-31(37)34-15-17-42-18-16-34/h5-14,19-20H,4,15-18,21-22H2,1-3H3,(H,33,36)/b32-20-. The Morgan fingerprint density at radius 2 is 1.58 bits per heavy atom. The van der Waals surface area contributed by atoms with Crippen molar-refractivity contribution < 1.29 is 41.7 Å². The normalized spacial score (nSPS) is 13.3. The van der Waals surface area contributed by atoms with E-state index in [1.165, 1.54) is 38.6 Å². The van der Waals surface area contributed by atoms with Gasteiger partial charge in [-0.15, -0.1) is 0 Å². The number of nitrogens with zero attached hydrogens (tertiary/aromatic N) is 3. The molecule has 45 heavy (non-hydrogen) atoms. The van der Waals surface area contributed by atoms with Crippen LogP contribution in [0.25, 0.3) is 0 Å². The van der Waals surface area contributed by atoms with Gasteiger partial charge in [-0.25, -0.2) is 13.8 Å². The molecule has 3 aromatic carbocycles. The lowest BCUT2D eigenvalue weighted by Gasteiger charge is -2.26. The third-order valence-corrected chi connectivity index (χ3v) is 8.44. The molecular formula is C31H36N4O9S. The van der Waals surface area contributed by atoms with Crippen LogP contribution in [0.1, 0.15) is 12.5 Å². The van der Waals surface area contributed by atoms with Gasteiger partial charge in [-0.1, -0.05) is 0 Å². The number of benzene rings is 3. The third-order valence-electron chi connectivity index (χ3n) is 6.67. The molecule has 2 amide bonds. The first kappa shape index (κ1) is 33.1. The molecule has 240 valence electrons. The largest absolute Gasteiger partial charge is 0.494 e. The molecule has 14 heteroatoms. The van der Waals surface area contributed by atoms with Crippen LogP contribution in [0.5, 0.6) is 23.0 Å². The summed E-state index contributed by atoms with van der Waals surface area (Å²) in [5, 5.41) is 3.98. The molecule has 0 atom stereocenters. The average molecular weight is 641 g/mol. The van der Waals surface area contributed by atoms with Gasteiger partial charge in [0.15, 0.2) is 18.1 Å². The van der Waals surface area contributed by atoms with Gasteiger partial charge in [0, 0.05) is 19.2 Å². The van der Waals surface area contributed by atoms with Crippen LogP contribution >= 0.6 is 0 Å². The molecule has 4 rings (SSSR count). The van der Waals surface area contributed by atoms with E-state index in [4.69, 9.17) is 23.7 Å². The lowest BCUT2D eigenvalue weighted by atomic mass is 10.2. The van der Waals surface area contributed by atoms with E-state index < -0.39 is 22.5 Å². The highest BCUT2D eigenvalue weighted by atomic mass is 32.2. The van der Waals surface area contributed by atoms with Crippen LogP contribution in [0, 0.1) is 0 Å². The van der Waals surface area contributed by atoms with Crippen molar-refractivity contribution in [2.75, 3.05) is 64.6 Å². The molecular weight excluding hydrogens is 604 g/mol. The number of anilines is 1. The number of morpholine rings is 1. The molecule has 1 aliphatic rings. The number of ether oxygens (including phenoxy) is 5. The molecule has 0 unspecified atom stereocenters. The second-order valence-corrected chi connectivity index (χ2v) is 11.5. The van der Waals surface area contributed by atoms with Crippen LogP contribution in [0.3, 0.4) is 0 Å².